The summed E-state index contributed by atoms with van der Waals surface area (Å²) >= 11 is 0. The molecule has 1 amide bonds. The van der Waals surface area contributed by atoms with Crippen molar-refractivity contribution in [1.82, 2.24) is 10.0 Å². The van der Waals surface area contributed by atoms with Gasteiger partial charge in [-0.15, -0.1) is 0 Å². The number of nitrogens with one attached hydrogen (secondary N) is 1. The average Bonchev–Trinajstić information content (AvgIpc) is 2.79. The second-order valence-corrected chi connectivity index (χ2v) is 10.4. The molecule has 11 heteroatoms. The maximum Gasteiger partial charge on any atom is 0.264 e. The molecule has 182 valence electrons. The topological polar surface area (TPSA) is 155 Å². The number of carbonyl (C=O) groups is 1. The second kappa shape index (κ2) is 11.4. The lowest BCUT2D eigenvalue weighted by molar-refractivity contribution is -0.131. The smallest absolute Gasteiger partial charge is 0.264 e. The van der Waals surface area contributed by atoms with Gasteiger partial charge in [0.15, 0.2) is 14.6 Å². The van der Waals surface area contributed by atoms with Crippen molar-refractivity contribution in [2.45, 2.75) is 43.6 Å². The maximum atomic E-state index is 12.5. The van der Waals surface area contributed by atoms with E-state index in [0.29, 0.717) is 30.8 Å². The Morgan fingerprint density at radius 3 is 2.42 bits per heavy atom. The lowest BCUT2D eigenvalue weighted by Crippen LogP contribution is -2.49. The first-order valence-corrected chi connectivity index (χ1v) is 12.3. The van der Waals surface area contributed by atoms with Crippen LogP contribution in [0.3, 0.4) is 0 Å². The number of hydroxylamine groups is 1. The molecule has 2 aromatic rings. The van der Waals surface area contributed by atoms with Crippen LogP contribution >= 0.6 is 0 Å². The number of aliphatic hydroxyl groups is 2. The predicted molar refractivity (Wildman–Crippen MR) is 122 cm³/mol. The number of amides is 1. The Bertz CT molecular complexity index is 1100. The quantitative estimate of drug-likeness (QED) is 0.196. The van der Waals surface area contributed by atoms with Gasteiger partial charge in [0.2, 0.25) is 0 Å². The molecule has 0 radical (unpaired) electrons. The third-order valence-corrected chi connectivity index (χ3v) is 7.60. The van der Waals surface area contributed by atoms with Gasteiger partial charge >= 0.3 is 0 Å². The average molecular weight is 483 g/mol. The first kappa shape index (κ1) is 26.5. The number of hydrogen-bond donors (Lipinski definition) is 4. The molecule has 4 N–H and O–H groups in total. The Kier molecular flexibility index (Phi) is 9.17. The van der Waals surface area contributed by atoms with E-state index in [2.05, 4.69) is 0 Å². The van der Waals surface area contributed by atoms with E-state index in [1.54, 1.807) is 30.3 Å². The van der Waals surface area contributed by atoms with Gasteiger partial charge in [-0.25, -0.2) is 13.9 Å². The molecule has 0 spiro atoms. The summed E-state index contributed by atoms with van der Waals surface area (Å²) in [5.41, 5.74) is 2.46. The standard InChI is InChI=1S/C22H30N2O8S/c1-22(21(28)23-29,33(2,30)31)10-12-24-11-9-17(14-20(24)27)16-5-7-19(8-6-16)32-13-3-4-18(26)15-25/h5-9,11,14,18,25-26,29H,3-4,10,12-13,15H2,1-2H3,(H,23,28)/t18-,22-/m1/s1. The van der Waals surface area contributed by atoms with Crippen LogP contribution in [0, 0.1) is 0 Å². The molecule has 0 bridgehead atoms. The number of pyridine rings is 1. The summed E-state index contributed by atoms with van der Waals surface area (Å²) in [7, 11) is -3.85. The van der Waals surface area contributed by atoms with Crippen LogP contribution in [0.15, 0.2) is 47.4 Å². The predicted octanol–water partition coefficient (Wildman–Crippen LogP) is 0.726. The number of aromatic nitrogens is 1. The molecule has 0 aliphatic carbocycles. The van der Waals surface area contributed by atoms with E-state index in [1.807, 2.05) is 0 Å². The molecule has 2 rings (SSSR count). The van der Waals surface area contributed by atoms with Crippen LogP contribution in [-0.4, -0.2) is 64.6 Å². The number of hydrogen-bond acceptors (Lipinski definition) is 8. The monoisotopic (exact) mass is 482 g/mol. The molecule has 0 aliphatic heterocycles. The number of ether oxygens (including phenoxy) is 1. The van der Waals surface area contributed by atoms with Crippen molar-refractivity contribution in [2.24, 2.45) is 0 Å². The van der Waals surface area contributed by atoms with Crippen LogP contribution in [0.5, 0.6) is 5.75 Å². The zero-order valence-electron chi connectivity index (χ0n) is 18.6. The Morgan fingerprint density at radius 1 is 1.21 bits per heavy atom. The second-order valence-electron chi connectivity index (χ2n) is 7.99. The van der Waals surface area contributed by atoms with E-state index >= 15 is 0 Å². The summed E-state index contributed by atoms with van der Waals surface area (Å²) in [4.78, 5) is 24.5. The molecule has 0 fully saturated rings. The Balaban J connectivity index is 2.05. The molecule has 0 aliphatic rings. The molecule has 1 heterocycles. The largest absolute Gasteiger partial charge is 0.494 e. The highest BCUT2D eigenvalue weighted by Crippen LogP contribution is 2.23. The number of aliphatic hydroxyl groups excluding tert-OH is 2. The number of nitrogens with zero attached hydrogens (tertiary/aromatic N) is 1. The van der Waals surface area contributed by atoms with Crippen molar-refractivity contribution < 1.29 is 33.4 Å². The van der Waals surface area contributed by atoms with Gasteiger partial charge in [0.05, 0.1) is 19.3 Å². The van der Waals surface area contributed by atoms with E-state index in [1.165, 1.54) is 29.2 Å². The van der Waals surface area contributed by atoms with Gasteiger partial charge in [-0.05, 0) is 55.5 Å². The number of benzene rings is 1. The fourth-order valence-corrected chi connectivity index (χ4v) is 3.98. The van der Waals surface area contributed by atoms with Crippen molar-refractivity contribution in [1.29, 1.82) is 0 Å². The first-order valence-electron chi connectivity index (χ1n) is 10.4. The maximum absolute atomic E-state index is 12.5. The van der Waals surface area contributed by atoms with Crippen LogP contribution in [0.1, 0.15) is 26.2 Å². The minimum atomic E-state index is -3.85. The van der Waals surface area contributed by atoms with Gasteiger partial charge in [0, 0.05) is 25.1 Å². The van der Waals surface area contributed by atoms with Gasteiger partial charge in [-0.2, -0.15) is 0 Å². The lowest BCUT2D eigenvalue weighted by atomic mass is 10.1. The Labute approximate surface area is 192 Å². The molecular formula is C22H30N2O8S. The molecule has 0 saturated carbocycles. The minimum Gasteiger partial charge on any atom is -0.494 e. The summed E-state index contributed by atoms with van der Waals surface area (Å²) in [5.74, 6) is -0.422. The third-order valence-electron chi connectivity index (χ3n) is 5.57. The van der Waals surface area contributed by atoms with Crippen molar-refractivity contribution in [2.75, 3.05) is 19.5 Å². The zero-order valence-corrected chi connectivity index (χ0v) is 19.4. The van der Waals surface area contributed by atoms with E-state index in [-0.39, 0.29) is 25.1 Å². The highest BCUT2D eigenvalue weighted by Gasteiger charge is 2.43. The van der Waals surface area contributed by atoms with Gasteiger partial charge in [-0.3, -0.25) is 14.8 Å². The summed E-state index contributed by atoms with van der Waals surface area (Å²) in [6, 6.07) is 10.2. The van der Waals surface area contributed by atoms with Crippen molar-refractivity contribution >= 4 is 15.7 Å². The van der Waals surface area contributed by atoms with E-state index in [9.17, 15) is 23.1 Å². The number of rotatable bonds is 12. The Hall–Kier alpha value is -2.73. The van der Waals surface area contributed by atoms with Crippen LogP contribution in [-0.2, 0) is 21.2 Å². The van der Waals surface area contributed by atoms with Crippen LogP contribution < -0.4 is 15.8 Å². The summed E-state index contributed by atoms with van der Waals surface area (Å²) in [5, 5.41) is 27.0. The fraction of sp³-hybridized carbons (Fsp3) is 0.455. The minimum absolute atomic E-state index is 0.0339. The summed E-state index contributed by atoms with van der Waals surface area (Å²) in [6.45, 7) is 1.29. The fourth-order valence-electron chi connectivity index (χ4n) is 3.14. The van der Waals surface area contributed by atoms with Gasteiger partial charge in [-0.1, -0.05) is 12.1 Å². The van der Waals surface area contributed by atoms with Crippen molar-refractivity contribution in [3.05, 3.63) is 52.9 Å². The number of aryl methyl sites for hydroxylation is 1. The third kappa shape index (κ3) is 6.87. The molecular weight excluding hydrogens is 452 g/mol. The number of carbonyl (C=O) groups excluding carboxylic acids is 1. The lowest BCUT2D eigenvalue weighted by Gasteiger charge is -2.25. The molecule has 2 atom stereocenters. The SMILES string of the molecule is C[C@@](CCn1ccc(-c2ccc(OCCC[C@@H](O)CO)cc2)cc1=O)(C(=O)NO)S(C)(=O)=O. The first-order chi connectivity index (χ1) is 15.5. The van der Waals surface area contributed by atoms with E-state index < -0.39 is 26.6 Å². The highest BCUT2D eigenvalue weighted by atomic mass is 32.2. The normalized spacial score (nSPS) is 14.3. The molecule has 0 unspecified atom stereocenters. The summed E-state index contributed by atoms with van der Waals surface area (Å²) < 4.78 is 29.1. The van der Waals surface area contributed by atoms with Crippen LogP contribution in [0.2, 0.25) is 0 Å². The van der Waals surface area contributed by atoms with E-state index in [0.717, 1.165) is 11.8 Å². The van der Waals surface area contributed by atoms with Crippen molar-refractivity contribution in [3.63, 3.8) is 0 Å². The Morgan fingerprint density at radius 2 is 1.88 bits per heavy atom. The molecule has 33 heavy (non-hydrogen) atoms. The van der Waals surface area contributed by atoms with Crippen molar-refractivity contribution in [3.8, 4) is 16.9 Å². The zero-order chi connectivity index (χ0) is 24.6. The van der Waals surface area contributed by atoms with Crippen LogP contribution in [0.4, 0.5) is 0 Å². The highest BCUT2D eigenvalue weighted by molar-refractivity contribution is 7.92. The molecule has 10 nitrogen and oxygen atoms in total. The summed E-state index contributed by atoms with van der Waals surface area (Å²) in [6.07, 6.45) is 2.52. The van der Waals surface area contributed by atoms with Gasteiger partial charge < -0.3 is 19.5 Å². The molecule has 1 aromatic heterocycles. The molecule has 1 aromatic carbocycles. The van der Waals surface area contributed by atoms with E-state index in [4.69, 9.17) is 15.1 Å². The van der Waals surface area contributed by atoms with Crippen LogP contribution in [0.25, 0.3) is 11.1 Å². The van der Waals surface area contributed by atoms with Gasteiger partial charge in [0.1, 0.15) is 5.75 Å². The molecule has 0 saturated heterocycles. The number of sulfone groups is 1. The van der Waals surface area contributed by atoms with Gasteiger partial charge in [0.25, 0.3) is 11.5 Å².